The van der Waals surface area contributed by atoms with Crippen molar-refractivity contribution in [1.29, 1.82) is 0 Å². The van der Waals surface area contributed by atoms with Gasteiger partial charge in [-0.25, -0.2) is 9.98 Å². The highest BCUT2D eigenvalue weighted by Gasteiger charge is 2.23. The first-order valence-electron chi connectivity index (χ1n) is 19.2. The zero-order valence-electron chi connectivity index (χ0n) is 30.6. The lowest BCUT2D eigenvalue weighted by atomic mass is 9.99. The van der Waals surface area contributed by atoms with Crippen molar-refractivity contribution in [3.05, 3.63) is 199 Å². The average molecular weight is 733 g/mol. The lowest BCUT2D eigenvalue weighted by Crippen LogP contribution is -2.33. The number of para-hydroxylation sites is 4. The fourth-order valence-corrected chi connectivity index (χ4v) is 8.61. The van der Waals surface area contributed by atoms with Crippen LogP contribution in [0.25, 0.3) is 82.5 Å². The van der Waals surface area contributed by atoms with Gasteiger partial charge in [0.15, 0.2) is 5.84 Å². The van der Waals surface area contributed by atoms with E-state index in [1.165, 1.54) is 21.8 Å². The number of fused-ring (bicyclic) bond motifs is 9. The number of nitrogens with one attached hydrogen (secondary N) is 1. The van der Waals surface area contributed by atoms with E-state index in [1.807, 2.05) is 48.5 Å². The van der Waals surface area contributed by atoms with Crippen molar-refractivity contribution in [3.8, 4) is 16.8 Å². The van der Waals surface area contributed by atoms with Gasteiger partial charge in [-0.1, -0.05) is 146 Å². The van der Waals surface area contributed by atoms with Gasteiger partial charge in [0, 0.05) is 65.8 Å². The number of rotatable bonds is 5. The Labute approximate surface area is 326 Å². The predicted octanol–water partition coefficient (Wildman–Crippen LogP) is 12.7. The lowest BCUT2D eigenvalue weighted by molar-refractivity contribution is 0.654. The van der Waals surface area contributed by atoms with E-state index in [1.54, 1.807) is 0 Å². The molecule has 0 aliphatic carbocycles. The van der Waals surface area contributed by atoms with Crippen LogP contribution in [0, 0.1) is 0 Å². The number of benzene rings is 8. The summed E-state index contributed by atoms with van der Waals surface area (Å²) in [5, 5.41) is 10.3. The van der Waals surface area contributed by atoms with Gasteiger partial charge in [0.25, 0.3) is 0 Å². The molecule has 1 aliphatic rings. The summed E-state index contributed by atoms with van der Waals surface area (Å²) in [5.41, 5.74) is 11.7. The van der Waals surface area contributed by atoms with E-state index in [0.717, 1.165) is 83.2 Å². The molecule has 6 heteroatoms. The lowest BCUT2D eigenvalue weighted by Gasteiger charge is -2.23. The summed E-state index contributed by atoms with van der Waals surface area (Å²) in [7, 11) is 0. The molecule has 12 rings (SSSR count). The minimum Gasteiger partial charge on any atom is -0.455 e. The van der Waals surface area contributed by atoms with Crippen LogP contribution in [0.2, 0.25) is 0 Å². The van der Waals surface area contributed by atoms with Crippen molar-refractivity contribution in [2.45, 2.75) is 6.17 Å². The Morgan fingerprint density at radius 3 is 1.75 bits per heavy atom. The number of furan rings is 2. The smallest absolute Gasteiger partial charge is 0.159 e. The van der Waals surface area contributed by atoms with Gasteiger partial charge >= 0.3 is 0 Å². The van der Waals surface area contributed by atoms with E-state index >= 15 is 0 Å². The molecule has 57 heavy (non-hydrogen) atoms. The first-order chi connectivity index (χ1) is 28.2. The zero-order chi connectivity index (χ0) is 37.5. The molecule has 1 atom stereocenters. The van der Waals surface area contributed by atoms with Gasteiger partial charge in [-0.15, -0.1) is 0 Å². The van der Waals surface area contributed by atoms with Crippen LogP contribution in [0.15, 0.2) is 201 Å². The molecule has 0 fully saturated rings. The SMILES string of the molecule is c1ccc(C2=NC(c3ccc4c(c3)oc3c(-c5cccc6c5oc5ccc(-n7c8ccccc8c8ccccc87)cc56)cccc34)NC(c3ccccc3)=N2)cc1. The number of aromatic nitrogens is 1. The molecule has 8 aromatic carbocycles. The maximum atomic E-state index is 6.81. The third-order valence-corrected chi connectivity index (χ3v) is 11.3. The highest BCUT2D eigenvalue weighted by atomic mass is 16.3. The Bertz CT molecular complexity index is 3390. The summed E-state index contributed by atoms with van der Waals surface area (Å²) in [6.07, 6.45) is -0.360. The molecule has 0 saturated heterocycles. The van der Waals surface area contributed by atoms with E-state index in [0.29, 0.717) is 5.84 Å². The molecule has 11 aromatic rings. The highest BCUT2D eigenvalue weighted by Crippen LogP contribution is 2.42. The number of hydrogen-bond acceptors (Lipinski definition) is 5. The third-order valence-electron chi connectivity index (χ3n) is 11.3. The molecule has 6 nitrogen and oxygen atoms in total. The van der Waals surface area contributed by atoms with Gasteiger partial charge in [-0.05, 0) is 36.4 Å². The second-order valence-electron chi connectivity index (χ2n) is 14.6. The summed E-state index contributed by atoms with van der Waals surface area (Å²) in [6.45, 7) is 0. The second-order valence-corrected chi connectivity index (χ2v) is 14.6. The maximum absolute atomic E-state index is 6.81. The van der Waals surface area contributed by atoms with Crippen LogP contribution in [-0.2, 0) is 0 Å². The summed E-state index contributed by atoms with van der Waals surface area (Å²) in [5.74, 6) is 1.47. The molecule has 1 aliphatic heterocycles. The molecule has 1 unspecified atom stereocenters. The van der Waals surface area contributed by atoms with Crippen LogP contribution in [0.1, 0.15) is 22.9 Å². The largest absolute Gasteiger partial charge is 0.455 e. The average Bonchev–Trinajstić information content (AvgIpc) is 3.96. The van der Waals surface area contributed by atoms with Crippen LogP contribution in [0.4, 0.5) is 0 Å². The van der Waals surface area contributed by atoms with Crippen molar-refractivity contribution in [2.24, 2.45) is 9.98 Å². The van der Waals surface area contributed by atoms with Gasteiger partial charge in [-0.3, -0.25) is 0 Å². The minimum absolute atomic E-state index is 0.360. The summed E-state index contributed by atoms with van der Waals surface area (Å²) >= 11 is 0. The van der Waals surface area contributed by atoms with E-state index in [4.69, 9.17) is 18.8 Å². The molecule has 3 aromatic heterocycles. The molecular formula is C51H32N4O2. The van der Waals surface area contributed by atoms with Crippen molar-refractivity contribution in [2.75, 3.05) is 0 Å². The molecule has 1 N–H and O–H groups in total. The van der Waals surface area contributed by atoms with Gasteiger partial charge in [0.05, 0.1) is 11.0 Å². The Hall–Kier alpha value is -7.70. The Balaban J connectivity index is 0.971. The van der Waals surface area contributed by atoms with Gasteiger partial charge < -0.3 is 18.7 Å². The van der Waals surface area contributed by atoms with Crippen LogP contribution in [-0.4, -0.2) is 16.2 Å². The van der Waals surface area contributed by atoms with Crippen LogP contribution < -0.4 is 5.32 Å². The van der Waals surface area contributed by atoms with Gasteiger partial charge in [-0.2, -0.15) is 0 Å². The van der Waals surface area contributed by atoms with E-state index < -0.39 is 0 Å². The Morgan fingerprint density at radius 2 is 1.05 bits per heavy atom. The van der Waals surface area contributed by atoms with E-state index in [-0.39, 0.29) is 6.17 Å². The summed E-state index contributed by atoms with van der Waals surface area (Å²) < 4.78 is 15.9. The summed E-state index contributed by atoms with van der Waals surface area (Å²) in [4.78, 5) is 10.0. The normalized spacial score (nSPS) is 14.5. The molecule has 0 bridgehead atoms. The number of amidine groups is 2. The Morgan fingerprint density at radius 1 is 0.456 bits per heavy atom. The molecule has 0 amide bonds. The topological polar surface area (TPSA) is 68.0 Å². The quantitative estimate of drug-likeness (QED) is 0.192. The molecule has 0 radical (unpaired) electrons. The second kappa shape index (κ2) is 12.4. The molecular weight excluding hydrogens is 701 g/mol. The van der Waals surface area contributed by atoms with Crippen molar-refractivity contribution < 1.29 is 8.83 Å². The van der Waals surface area contributed by atoms with Crippen molar-refractivity contribution in [1.82, 2.24) is 9.88 Å². The predicted molar refractivity (Wildman–Crippen MR) is 233 cm³/mol. The van der Waals surface area contributed by atoms with Crippen LogP contribution >= 0.6 is 0 Å². The van der Waals surface area contributed by atoms with Gasteiger partial charge in [0.2, 0.25) is 0 Å². The monoisotopic (exact) mass is 732 g/mol. The highest BCUT2D eigenvalue weighted by molar-refractivity contribution is 6.16. The minimum atomic E-state index is -0.360. The van der Waals surface area contributed by atoms with Crippen molar-refractivity contribution >= 4 is 77.4 Å². The molecule has 0 spiro atoms. The Kier molecular flexibility index (Phi) is 6.89. The molecule has 268 valence electrons. The van der Waals surface area contributed by atoms with Crippen LogP contribution in [0.3, 0.4) is 0 Å². The fourth-order valence-electron chi connectivity index (χ4n) is 8.61. The third kappa shape index (κ3) is 4.97. The van der Waals surface area contributed by atoms with Crippen LogP contribution in [0.5, 0.6) is 0 Å². The first kappa shape index (κ1) is 31.6. The first-order valence-corrected chi connectivity index (χ1v) is 19.2. The maximum Gasteiger partial charge on any atom is 0.159 e. The van der Waals surface area contributed by atoms with E-state index in [2.05, 4.69) is 143 Å². The number of aliphatic imine (C=N–C) groups is 2. The molecule has 0 saturated carbocycles. The standard InChI is InChI=1S/C51H32N4O2/c1-3-13-31(14-4-1)49-52-50(32-15-5-2-6-16-32)54-51(53-49)33-25-27-37-38-19-11-20-39(47(38)57-46(37)29-33)40-21-12-22-41-42-30-34(26-28-45(42)56-48(40)41)55-43-23-9-7-17-35(43)36-18-8-10-24-44(36)55/h1-30,51H,(H,52,53,54). The van der Waals surface area contributed by atoms with Gasteiger partial charge in [0.1, 0.15) is 34.3 Å². The number of hydrogen-bond donors (Lipinski definition) is 1. The van der Waals surface area contributed by atoms with E-state index in [9.17, 15) is 0 Å². The fraction of sp³-hybridized carbons (Fsp3) is 0.0196. The van der Waals surface area contributed by atoms with Crippen molar-refractivity contribution in [3.63, 3.8) is 0 Å². The molecule has 4 heterocycles. The zero-order valence-corrected chi connectivity index (χ0v) is 30.6. The summed E-state index contributed by atoms with van der Waals surface area (Å²) in [6, 6.07) is 63.2. The number of nitrogens with zero attached hydrogens (tertiary/aromatic N) is 3.